The highest BCUT2D eigenvalue weighted by Gasteiger charge is 2.22. The van der Waals surface area contributed by atoms with Gasteiger partial charge in [-0.25, -0.2) is 13.4 Å². The van der Waals surface area contributed by atoms with Crippen molar-refractivity contribution in [3.05, 3.63) is 75.7 Å². The van der Waals surface area contributed by atoms with Crippen LogP contribution in [0.25, 0.3) is 0 Å². The van der Waals surface area contributed by atoms with E-state index in [-0.39, 0.29) is 21.7 Å². The molecule has 0 aliphatic rings. The number of hydrogen-bond acceptors (Lipinski definition) is 6. The van der Waals surface area contributed by atoms with Crippen molar-refractivity contribution in [3.8, 4) is 0 Å². The number of aromatic nitrogens is 2. The maximum Gasteiger partial charge on any atom is 0.270 e. The van der Waals surface area contributed by atoms with Gasteiger partial charge in [0, 0.05) is 10.7 Å². The summed E-state index contributed by atoms with van der Waals surface area (Å²) in [5, 5.41) is 3.40. The van der Waals surface area contributed by atoms with Crippen LogP contribution in [0.3, 0.4) is 0 Å². The van der Waals surface area contributed by atoms with E-state index in [4.69, 9.17) is 11.6 Å². The van der Waals surface area contributed by atoms with Crippen molar-refractivity contribution < 1.29 is 13.2 Å². The Hall–Kier alpha value is -2.62. The van der Waals surface area contributed by atoms with Crippen molar-refractivity contribution >= 4 is 44.8 Å². The Morgan fingerprint density at radius 2 is 1.81 bits per heavy atom. The number of benzene rings is 2. The van der Waals surface area contributed by atoms with E-state index in [9.17, 15) is 18.0 Å². The Morgan fingerprint density at radius 1 is 1.12 bits per heavy atom. The summed E-state index contributed by atoms with van der Waals surface area (Å²) in [5.41, 5.74) is 0.848. The molecule has 7 nitrogen and oxygen atoms in total. The van der Waals surface area contributed by atoms with E-state index in [2.05, 4.69) is 22.2 Å². The maximum absolute atomic E-state index is 12.8. The summed E-state index contributed by atoms with van der Waals surface area (Å²) in [4.78, 5) is 30.6. The zero-order valence-electron chi connectivity index (χ0n) is 17.3. The average Bonchev–Trinajstić information content (AvgIpc) is 2.78. The van der Waals surface area contributed by atoms with Gasteiger partial charge in [-0.05, 0) is 54.8 Å². The average molecular weight is 492 g/mol. The number of amides is 1. The summed E-state index contributed by atoms with van der Waals surface area (Å²) >= 11 is 6.80. The van der Waals surface area contributed by atoms with Gasteiger partial charge in [-0.2, -0.15) is 0 Å². The van der Waals surface area contributed by atoms with Gasteiger partial charge in [-0.1, -0.05) is 48.8 Å². The number of sulfone groups is 1. The van der Waals surface area contributed by atoms with Crippen molar-refractivity contribution in [2.45, 2.75) is 41.1 Å². The van der Waals surface area contributed by atoms with Gasteiger partial charge in [0.25, 0.3) is 5.56 Å². The molecular formula is C22H22ClN3O4S2. The minimum atomic E-state index is -4.00. The zero-order valence-corrected chi connectivity index (χ0v) is 19.7. The third kappa shape index (κ3) is 6.21. The molecule has 3 aromatic rings. The summed E-state index contributed by atoms with van der Waals surface area (Å²) in [5.74, 6) is -0.323. The molecule has 1 aromatic heterocycles. The standard InChI is InChI=1S/C22H22ClN3O4S2/c1-2-3-4-15-5-11-18(12-6-15)32(29,30)19-13-24-22(26-21(19)28)31-14-20(27)25-17-9-7-16(23)8-10-17/h5-13H,2-4,14H2,1H3,(H,25,27)(H,24,26,28). The lowest BCUT2D eigenvalue weighted by atomic mass is 10.1. The number of unbranched alkanes of at least 4 members (excludes halogenated alkanes) is 1. The monoisotopic (exact) mass is 491 g/mol. The third-order valence-electron chi connectivity index (χ3n) is 4.55. The van der Waals surface area contributed by atoms with Crippen molar-refractivity contribution in [3.63, 3.8) is 0 Å². The Balaban J connectivity index is 1.66. The summed E-state index contributed by atoms with van der Waals surface area (Å²) in [6.45, 7) is 2.09. The number of aryl methyl sites for hydroxylation is 1. The van der Waals surface area contributed by atoms with Crippen LogP contribution in [-0.2, 0) is 21.1 Å². The van der Waals surface area contributed by atoms with Crippen molar-refractivity contribution in [1.82, 2.24) is 9.97 Å². The topological polar surface area (TPSA) is 109 Å². The predicted octanol–water partition coefficient (Wildman–Crippen LogP) is 4.33. The fourth-order valence-corrected chi connectivity index (χ4v) is 4.83. The van der Waals surface area contributed by atoms with Gasteiger partial charge < -0.3 is 10.3 Å². The molecule has 0 unspecified atom stereocenters. The van der Waals surface area contributed by atoms with Crippen LogP contribution in [0.15, 0.2) is 74.5 Å². The molecule has 1 heterocycles. The van der Waals surface area contributed by atoms with Crippen LogP contribution >= 0.6 is 23.4 Å². The molecule has 0 saturated carbocycles. The molecule has 0 aliphatic carbocycles. The molecule has 0 aliphatic heterocycles. The molecule has 0 bridgehead atoms. The highest BCUT2D eigenvalue weighted by Crippen LogP contribution is 2.20. The number of nitrogens with zero attached hydrogens (tertiary/aromatic N) is 1. The first-order chi connectivity index (χ1) is 15.3. The number of halogens is 1. The molecule has 0 radical (unpaired) electrons. The summed E-state index contributed by atoms with van der Waals surface area (Å²) in [6.07, 6.45) is 3.97. The van der Waals surface area contributed by atoms with E-state index in [1.807, 2.05) is 0 Å². The van der Waals surface area contributed by atoms with Crippen LogP contribution in [0.4, 0.5) is 5.69 Å². The SMILES string of the molecule is CCCCc1ccc(S(=O)(=O)c2cnc(SCC(=O)Nc3ccc(Cl)cc3)[nH]c2=O)cc1. The highest BCUT2D eigenvalue weighted by molar-refractivity contribution is 7.99. The molecule has 3 rings (SSSR count). The van der Waals surface area contributed by atoms with Crippen LogP contribution in [0.1, 0.15) is 25.3 Å². The summed E-state index contributed by atoms with van der Waals surface area (Å²) in [7, 11) is -4.00. The molecule has 0 atom stereocenters. The number of thioether (sulfide) groups is 1. The Kier molecular flexibility index (Phi) is 8.11. The second-order valence-electron chi connectivity index (χ2n) is 6.98. The van der Waals surface area contributed by atoms with Gasteiger partial charge >= 0.3 is 0 Å². The number of hydrogen-bond donors (Lipinski definition) is 2. The van der Waals surface area contributed by atoms with Gasteiger partial charge in [0.05, 0.1) is 16.8 Å². The van der Waals surface area contributed by atoms with Gasteiger partial charge in [0.1, 0.15) is 0 Å². The molecular weight excluding hydrogens is 470 g/mol. The first-order valence-electron chi connectivity index (χ1n) is 9.91. The molecule has 168 valence electrons. The Labute approximate surface area is 195 Å². The largest absolute Gasteiger partial charge is 0.325 e. The number of carbonyl (C=O) groups is 1. The van der Waals surface area contributed by atoms with Crippen molar-refractivity contribution in [2.75, 3.05) is 11.1 Å². The van der Waals surface area contributed by atoms with Gasteiger partial charge in [-0.3, -0.25) is 9.59 Å². The normalized spacial score (nSPS) is 11.3. The Bertz CT molecular complexity index is 1240. The highest BCUT2D eigenvalue weighted by atomic mass is 35.5. The quantitative estimate of drug-likeness (QED) is 0.340. The first-order valence-corrected chi connectivity index (χ1v) is 12.8. The van der Waals surface area contributed by atoms with E-state index < -0.39 is 20.3 Å². The molecule has 0 saturated heterocycles. The second kappa shape index (κ2) is 10.8. The van der Waals surface area contributed by atoms with Crippen LogP contribution in [0, 0.1) is 0 Å². The molecule has 32 heavy (non-hydrogen) atoms. The van der Waals surface area contributed by atoms with Gasteiger partial charge in [-0.15, -0.1) is 0 Å². The maximum atomic E-state index is 12.8. The number of nitrogens with one attached hydrogen (secondary N) is 2. The van der Waals surface area contributed by atoms with Crippen molar-refractivity contribution in [2.24, 2.45) is 0 Å². The van der Waals surface area contributed by atoms with E-state index >= 15 is 0 Å². The third-order valence-corrected chi connectivity index (χ3v) is 7.46. The van der Waals surface area contributed by atoms with Gasteiger partial charge in [0.15, 0.2) is 10.1 Å². The fourth-order valence-electron chi connectivity index (χ4n) is 2.84. The Morgan fingerprint density at radius 3 is 2.44 bits per heavy atom. The van der Waals surface area contributed by atoms with Gasteiger partial charge in [0.2, 0.25) is 15.7 Å². The van der Waals surface area contributed by atoms with E-state index in [1.54, 1.807) is 36.4 Å². The number of rotatable bonds is 9. The van der Waals surface area contributed by atoms with E-state index in [0.717, 1.165) is 42.8 Å². The van der Waals surface area contributed by atoms with Crippen LogP contribution in [-0.4, -0.2) is 30.0 Å². The molecule has 0 fully saturated rings. The molecule has 1 amide bonds. The number of anilines is 1. The minimum Gasteiger partial charge on any atom is -0.325 e. The lowest BCUT2D eigenvalue weighted by Crippen LogP contribution is -2.20. The molecule has 2 N–H and O–H groups in total. The van der Waals surface area contributed by atoms with Crippen LogP contribution in [0.2, 0.25) is 5.02 Å². The lowest BCUT2D eigenvalue weighted by molar-refractivity contribution is -0.113. The van der Waals surface area contributed by atoms with Crippen LogP contribution < -0.4 is 10.9 Å². The predicted molar refractivity (Wildman–Crippen MR) is 126 cm³/mol. The van der Waals surface area contributed by atoms with Crippen LogP contribution in [0.5, 0.6) is 0 Å². The molecule has 2 aromatic carbocycles. The fraction of sp³-hybridized carbons (Fsp3) is 0.227. The number of aromatic amines is 1. The van der Waals surface area contributed by atoms with E-state index in [1.165, 1.54) is 12.1 Å². The van der Waals surface area contributed by atoms with Crippen molar-refractivity contribution in [1.29, 1.82) is 0 Å². The number of H-pyrrole nitrogens is 1. The molecule has 0 spiro atoms. The lowest BCUT2D eigenvalue weighted by Gasteiger charge is -2.07. The second-order valence-corrected chi connectivity index (χ2v) is 10.3. The smallest absolute Gasteiger partial charge is 0.270 e. The summed E-state index contributed by atoms with van der Waals surface area (Å²) in [6, 6.07) is 13.2. The minimum absolute atomic E-state index is 0.0170. The summed E-state index contributed by atoms with van der Waals surface area (Å²) < 4.78 is 25.7. The molecule has 10 heteroatoms. The first kappa shape index (κ1) is 24.0. The zero-order chi connectivity index (χ0) is 23.1. The number of carbonyl (C=O) groups excluding carboxylic acids is 1. The van der Waals surface area contributed by atoms with E-state index in [0.29, 0.717) is 10.7 Å².